The van der Waals surface area contributed by atoms with Gasteiger partial charge in [-0.2, -0.15) is 0 Å². The largest absolute Gasteiger partial charge is 0.586 e. The molecule has 2 aromatic rings. The summed E-state index contributed by atoms with van der Waals surface area (Å²) in [7, 11) is 0. The molecule has 4 aliphatic heterocycles. The Bertz CT molecular complexity index is 1100. The van der Waals surface area contributed by atoms with Crippen LogP contribution >= 0.6 is 0 Å². The molecule has 0 saturated heterocycles. The number of carbonyl (C=O) groups is 1. The Balaban J connectivity index is 1.53. The number of hydrogen-bond acceptors (Lipinski definition) is 7. The van der Waals surface area contributed by atoms with Crippen molar-refractivity contribution >= 4 is 11.7 Å². The maximum Gasteiger partial charge on any atom is 0.586 e. The first-order chi connectivity index (χ1) is 13.5. The summed E-state index contributed by atoms with van der Waals surface area (Å²) in [5, 5.41) is 3.21. The van der Waals surface area contributed by atoms with Crippen LogP contribution in [0.3, 0.4) is 0 Å². The van der Waals surface area contributed by atoms with Gasteiger partial charge < -0.3 is 29.0 Å². The molecule has 1 atom stereocenters. The molecular weight excluding hydrogens is 376 g/mol. The summed E-state index contributed by atoms with van der Waals surface area (Å²) >= 11 is 0. The predicted molar refractivity (Wildman–Crippen MR) is 88.7 cm³/mol. The Morgan fingerprint density at radius 2 is 1.75 bits per heavy atom. The van der Waals surface area contributed by atoms with Gasteiger partial charge in [-0.05, 0) is 29.3 Å². The number of carbonyl (C=O) groups excluding carboxylic acids is 1. The van der Waals surface area contributed by atoms with Crippen LogP contribution in [0.25, 0.3) is 0 Å². The lowest BCUT2D eigenvalue weighted by molar-refractivity contribution is -0.286. The number of rotatable bonds is 1. The van der Waals surface area contributed by atoms with Gasteiger partial charge in [-0.15, -0.1) is 8.78 Å². The van der Waals surface area contributed by atoms with E-state index in [0.717, 1.165) is 11.3 Å². The van der Waals surface area contributed by atoms with Crippen LogP contribution in [-0.2, 0) is 9.53 Å². The maximum atomic E-state index is 13.4. The first-order valence-electron chi connectivity index (χ1n) is 8.49. The summed E-state index contributed by atoms with van der Waals surface area (Å²) in [6.45, 7) is 0.221. The molecule has 0 fully saturated rings. The molecule has 7 nitrogen and oxygen atoms in total. The molecule has 0 aromatic heterocycles. The quantitative estimate of drug-likeness (QED) is 0.754. The summed E-state index contributed by atoms with van der Waals surface area (Å²) in [6.07, 6.45) is -3.71. The summed E-state index contributed by atoms with van der Waals surface area (Å²) in [6, 6.07) is 8.06. The lowest BCUT2D eigenvalue weighted by Gasteiger charge is -2.27. The molecular formula is C19H11F2NO6. The summed E-state index contributed by atoms with van der Waals surface area (Å²) in [5.74, 6) is -0.0100. The Morgan fingerprint density at radius 1 is 0.964 bits per heavy atom. The highest BCUT2D eigenvalue weighted by Crippen LogP contribution is 2.50. The van der Waals surface area contributed by atoms with E-state index in [0.29, 0.717) is 28.3 Å². The van der Waals surface area contributed by atoms with Crippen molar-refractivity contribution in [2.45, 2.75) is 12.2 Å². The second-order valence-corrected chi connectivity index (χ2v) is 6.69. The van der Waals surface area contributed by atoms with Crippen molar-refractivity contribution in [3.63, 3.8) is 0 Å². The highest BCUT2D eigenvalue weighted by Gasteiger charge is 2.45. The van der Waals surface area contributed by atoms with Gasteiger partial charge in [-0.3, -0.25) is 0 Å². The molecule has 9 heteroatoms. The minimum atomic E-state index is -3.71. The molecule has 2 aromatic carbocycles. The highest BCUT2D eigenvalue weighted by atomic mass is 19.3. The molecule has 0 amide bonds. The van der Waals surface area contributed by atoms with E-state index in [1.165, 1.54) is 12.1 Å². The van der Waals surface area contributed by atoms with Crippen molar-refractivity contribution < 1.29 is 37.3 Å². The molecule has 1 N–H and O–H groups in total. The Labute approximate surface area is 156 Å². The van der Waals surface area contributed by atoms with Crippen molar-refractivity contribution in [3.05, 3.63) is 52.7 Å². The standard InChI is InChI=1S/C19H11F2NO6/c20-19(21)27-12-2-1-8(3-15(12)28-19)16-9-4-13-14(26-7-25-13)5-10(9)22-11-6-24-18(23)17(11)16/h1-5,16,22H,6-7H2. The number of hydrogen-bond donors (Lipinski definition) is 1. The molecule has 142 valence electrons. The van der Waals surface area contributed by atoms with E-state index >= 15 is 0 Å². The van der Waals surface area contributed by atoms with Crippen LogP contribution in [0, 0.1) is 0 Å². The summed E-state index contributed by atoms with van der Waals surface area (Å²) < 4.78 is 51.9. The van der Waals surface area contributed by atoms with Crippen LogP contribution in [0.5, 0.6) is 23.0 Å². The lowest BCUT2D eigenvalue weighted by atomic mass is 9.81. The number of fused-ring (bicyclic) bond motifs is 3. The van der Waals surface area contributed by atoms with Gasteiger partial charge in [0.2, 0.25) is 6.79 Å². The van der Waals surface area contributed by atoms with Crippen molar-refractivity contribution in [2.75, 3.05) is 18.7 Å². The molecule has 0 radical (unpaired) electrons. The SMILES string of the molecule is O=C1OCC2=C1C(c1ccc3c(c1)OC(F)(F)O3)c1cc3c(cc1N2)OCO3. The van der Waals surface area contributed by atoms with Gasteiger partial charge in [0.15, 0.2) is 23.0 Å². The number of alkyl halides is 2. The average Bonchev–Trinajstić information content (AvgIpc) is 3.33. The average molecular weight is 387 g/mol. The van der Waals surface area contributed by atoms with Crippen LogP contribution in [0.4, 0.5) is 14.5 Å². The molecule has 0 bridgehead atoms. The van der Waals surface area contributed by atoms with Gasteiger partial charge in [0.25, 0.3) is 0 Å². The van der Waals surface area contributed by atoms with Crippen molar-refractivity contribution in [2.24, 2.45) is 0 Å². The predicted octanol–water partition coefficient (Wildman–Crippen LogP) is 3.11. The first kappa shape index (κ1) is 15.6. The second-order valence-electron chi connectivity index (χ2n) is 6.69. The van der Waals surface area contributed by atoms with Gasteiger partial charge in [0.05, 0.1) is 11.3 Å². The molecule has 4 aliphatic rings. The second kappa shape index (κ2) is 5.06. The minimum absolute atomic E-state index is 0.0585. The fourth-order valence-corrected chi connectivity index (χ4v) is 3.93. The van der Waals surface area contributed by atoms with Gasteiger partial charge in [0.1, 0.15) is 6.61 Å². The number of nitrogens with one attached hydrogen (secondary N) is 1. The topological polar surface area (TPSA) is 75.3 Å². The van der Waals surface area contributed by atoms with E-state index in [4.69, 9.17) is 14.2 Å². The highest BCUT2D eigenvalue weighted by molar-refractivity contribution is 5.97. The molecule has 0 aliphatic carbocycles. The van der Waals surface area contributed by atoms with Crippen molar-refractivity contribution in [1.29, 1.82) is 0 Å². The number of cyclic esters (lactones) is 1. The lowest BCUT2D eigenvalue weighted by Crippen LogP contribution is -2.26. The van der Waals surface area contributed by atoms with E-state index in [2.05, 4.69) is 14.8 Å². The number of halogens is 2. The Kier molecular flexibility index (Phi) is 2.81. The van der Waals surface area contributed by atoms with Crippen molar-refractivity contribution in [1.82, 2.24) is 0 Å². The third-order valence-electron chi connectivity index (χ3n) is 5.08. The Morgan fingerprint density at radius 3 is 2.61 bits per heavy atom. The summed E-state index contributed by atoms with van der Waals surface area (Å²) in [4.78, 5) is 12.4. The fourth-order valence-electron chi connectivity index (χ4n) is 3.93. The van der Waals surface area contributed by atoms with E-state index in [9.17, 15) is 13.6 Å². The summed E-state index contributed by atoms with van der Waals surface area (Å²) in [5.41, 5.74) is 3.12. The van der Waals surface area contributed by atoms with Gasteiger partial charge in [0, 0.05) is 17.7 Å². The van der Waals surface area contributed by atoms with Gasteiger partial charge >= 0.3 is 12.3 Å². The number of benzene rings is 2. The molecule has 4 heterocycles. The van der Waals surface area contributed by atoms with Gasteiger partial charge in [-0.25, -0.2) is 4.79 Å². The van der Waals surface area contributed by atoms with E-state index in [1.54, 1.807) is 18.2 Å². The zero-order valence-corrected chi connectivity index (χ0v) is 14.1. The van der Waals surface area contributed by atoms with E-state index < -0.39 is 18.2 Å². The zero-order chi connectivity index (χ0) is 19.0. The number of ether oxygens (including phenoxy) is 5. The van der Waals surface area contributed by atoms with E-state index in [-0.39, 0.29) is 24.9 Å². The molecule has 1 unspecified atom stereocenters. The van der Waals surface area contributed by atoms with Crippen LogP contribution in [-0.4, -0.2) is 25.7 Å². The number of esters is 1. The van der Waals surface area contributed by atoms with Crippen LogP contribution in [0.1, 0.15) is 17.0 Å². The third kappa shape index (κ3) is 2.09. The zero-order valence-electron chi connectivity index (χ0n) is 14.1. The normalized spacial score (nSPS) is 22.5. The fraction of sp³-hybridized carbons (Fsp3) is 0.211. The van der Waals surface area contributed by atoms with Gasteiger partial charge in [-0.1, -0.05) is 6.07 Å². The number of anilines is 1. The molecule has 0 saturated carbocycles. The van der Waals surface area contributed by atoms with Crippen molar-refractivity contribution in [3.8, 4) is 23.0 Å². The molecule has 28 heavy (non-hydrogen) atoms. The minimum Gasteiger partial charge on any atom is -0.456 e. The van der Waals surface area contributed by atoms with Crippen LogP contribution in [0.2, 0.25) is 0 Å². The molecule has 6 rings (SSSR count). The maximum absolute atomic E-state index is 13.4. The third-order valence-corrected chi connectivity index (χ3v) is 5.08. The first-order valence-corrected chi connectivity index (χ1v) is 8.49. The Hall–Kier alpha value is -3.49. The smallest absolute Gasteiger partial charge is 0.456 e. The van der Waals surface area contributed by atoms with E-state index in [1.807, 2.05) is 0 Å². The van der Waals surface area contributed by atoms with Crippen LogP contribution < -0.4 is 24.3 Å². The van der Waals surface area contributed by atoms with Crippen LogP contribution in [0.15, 0.2) is 41.6 Å². The molecule has 0 spiro atoms. The monoisotopic (exact) mass is 387 g/mol.